The SMILES string of the molecule is CCCCCCCCCCCNN(OC(=O)C(C)O)C(=N)N. The molecule has 1 unspecified atom stereocenters. The van der Waals surface area contributed by atoms with Gasteiger partial charge in [-0.25, -0.2) is 4.79 Å². The lowest BCUT2D eigenvalue weighted by Crippen LogP contribution is -2.49. The first-order valence-corrected chi connectivity index (χ1v) is 8.26. The van der Waals surface area contributed by atoms with Crippen LogP contribution in [-0.4, -0.2) is 34.9 Å². The van der Waals surface area contributed by atoms with Gasteiger partial charge < -0.3 is 15.7 Å². The Kier molecular flexibility index (Phi) is 12.5. The van der Waals surface area contributed by atoms with Gasteiger partial charge in [0.2, 0.25) is 5.96 Å². The smallest absolute Gasteiger partial charge is 0.362 e. The Morgan fingerprint density at radius 2 is 1.68 bits per heavy atom. The number of nitrogens with one attached hydrogen (secondary N) is 2. The number of nitrogens with two attached hydrogens (primary N) is 1. The number of hydrogen-bond donors (Lipinski definition) is 4. The molecule has 1 atom stereocenters. The molecule has 7 heteroatoms. The van der Waals surface area contributed by atoms with Crippen LogP contribution in [0.4, 0.5) is 0 Å². The maximum atomic E-state index is 11.2. The van der Waals surface area contributed by atoms with E-state index in [4.69, 9.17) is 21.1 Å². The monoisotopic (exact) mass is 316 g/mol. The van der Waals surface area contributed by atoms with Gasteiger partial charge in [0.05, 0.1) is 0 Å². The molecule has 7 nitrogen and oxygen atoms in total. The molecule has 0 aliphatic heterocycles. The molecule has 0 aliphatic rings. The van der Waals surface area contributed by atoms with Crippen LogP contribution in [-0.2, 0) is 9.63 Å². The third-order valence-electron chi connectivity index (χ3n) is 3.28. The highest BCUT2D eigenvalue weighted by atomic mass is 16.7. The molecular weight excluding hydrogens is 284 g/mol. The molecule has 0 heterocycles. The van der Waals surface area contributed by atoms with Crippen LogP contribution < -0.4 is 11.2 Å². The topological polar surface area (TPSA) is 112 Å². The van der Waals surface area contributed by atoms with Crippen LogP contribution in [0.5, 0.6) is 0 Å². The zero-order valence-corrected chi connectivity index (χ0v) is 13.9. The van der Waals surface area contributed by atoms with Crippen LogP contribution in [0.3, 0.4) is 0 Å². The summed E-state index contributed by atoms with van der Waals surface area (Å²) in [6.07, 6.45) is 9.71. The molecule has 0 rings (SSSR count). The van der Waals surface area contributed by atoms with E-state index >= 15 is 0 Å². The first-order valence-electron chi connectivity index (χ1n) is 8.26. The van der Waals surface area contributed by atoms with E-state index in [0.717, 1.165) is 18.0 Å². The predicted molar refractivity (Wildman–Crippen MR) is 86.8 cm³/mol. The van der Waals surface area contributed by atoms with Crippen molar-refractivity contribution in [3.05, 3.63) is 0 Å². The molecule has 0 aromatic rings. The molecule has 0 saturated carbocycles. The van der Waals surface area contributed by atoms with Crippen LogP contribution >= 0.6 is 0 Å². The van der Waals surface area contributed by atoms with Crippen molar-refractivity contribution >= 4 is 11.9 Å². The first kappa shape index (κ1) is 20.7. The van der Waals surface area contributed by atoms with Crippen LogP contribution in [0.25, 0.3) is 0 Å². The lowest BCUT2D eigenvalue weighted by atomic mass is 10.1. The third-order valence-corrected chi connectivity index (χ3v) is 3.28. The highest BCUT2D eigenvalue weighted by molar-refractivity contribution is 5.78. The number of hydroxylamine groups is 1. The van der Waals surface area contributed by atoms with Gasteiger partial charge in [-0.2, -0.15) is 5.43 Å². The molecule has 0 aliphatic carbocycles. The lowest BCUT2D eigenvalue weighted by molar-refractivity contribution is -0.192. The molecule has 0 bridgehead atoms. The zero-order valence-electron chi connectivity index (χ0n) is 13.9. The first-order chi connectivity index (χ1) is 10.5. The molecular formula is C15H32N4O3. The molecule has 0 aromatic heterocycles. The maximum Gasteiger partial charge on any atom is 0.362 e. The number of hydrazine groups is 1. The lowest BCUT2D eigenvalue weighted by Gasteiger charge is -2.21. The molecule has 0 saturated heterocycles. The van der Waals surface area contributed by atoms with Crippen molar-refractivity contribution in [3.8, 4) is 0 Å². The van der Waals surface area contributed by atoms with Gasteiger partial charge in [-0.1, -0.05) is 63.5 Å². The standard InChI is InChI=1S/C15H32N4O3/c1-3-4-5-6-7-8-9-10-11-12-18-19(15(16)17)22-14(21)13(2)20/h13,18,20H,3-12H2,1-2H3,(H3,16,17). The number of hydrogen-bond acceptors (Lipinski definition) is 5. The molecule has 0 amide bonds. The van der Waals surface area contributed by atoms with Gasteiger partial charge >= 0.3 is 5.97 Å². The molecule has 0 fully saturated rings. The van der Waals surface area contributed by atoms with E-state index in [1.54, 1.807) is 0 Å². The molecule has 0 aromatic carbocycles. The molecule has 5 N–H and O–H groups in total. The third kappa shape index (κ3) is 11.3. The number of guanidine groups is 1. The average molecular weight is 316 g/mol. The van der Waals surface area contributed by atoms with E-state index in [-0.39, 0.29) is 0 Å². The Labute approximate surface area is 133 Å². The number of rotatable bonds is 12. The number of carbonyl (C=O) groups is 1. The molecule has 0 spiro atoms. The number of aliphatic hydroxyl groups excluding tert-OH is 1. The van der Waals surface area contributed by atoms with Crippen molar-refractivity contribution in [2.75, 3.05) is 6.54 Å². The van der Waals surface area contributed by atoms with E-state index in [1.807, 2.05) is 0 Å². The fraction of sp³-hybridized carbons (Fsp3) is 0.867. The number of carbonyl (C=O) groups excluding carboxylic acids is 1. The summed E-state index contributed by atoms with van der Waals surface area (Å²) < 4.78 is 0. The minimum absolute atomic E-state index is 0.426. The van der Waals surface area contributed by atoms with Gasteiger partial charge in [-0.3, -0.25) is 5.41 Å². The van der Waals surface area contributed by atoms with Gasteiger partial charge in [0, 0.05) is 6.54 Å². The van der Waals surface area contributed by atoms with Crippen molar-refractivity contribution in [1.29, 1.82) is 5.41 Å². The fourth-order valence-corrected chi connectivity index (χ4v) is 1.95. The normalized spacial score (nSPS) is 12.0. The summed E-state index contributed by atoms with van der Waals surface area (Å²) in [4.78, 5) is 16.0. The van der Waals surface area contributed by atoms with E-state index < -0.39 is 18.0 Å². The van der Waals surface area contributed by atoms with Crippen molar-refractivity contribution in [1.82, 2.24) is 10.6 Å². The van der Waals surface area contributed by atoms with Gasteiger partial charge in [0.1, 0.15) is 0 Å². The Bertz CT molecular complexity index is 311. The largest absolute Gasteiger partial charge is 0.382 e. The zero-order chi connectivity index (χ0) is 16.8. The average Bonchev–Trinajstić information content (AvgIpc) is 2.47. The van der Waals surface area contributed by atoms with Crippen molar-refractivity contribution in [2.45, 2.75) is 77.7 Å². The van der Waals surface area contributed by atoms with Crippen molar-refractivity contribution in [2.24, 2.45) is 5.73 Å². The van der Waals surface area contributed by atoms with Crippen LogP contribution in [0.2, 0.25) is 0 Å². The second-order valence-corrected chi connectivity index (χ2v) is 5.50. The summed E-state index contributed by atoms with van der Waals surface area (Å²) in [7, 11) is 0. The minimum Gasteiger partial charge on any atom is -0.382 e. The van der Waals surface area contributed by atoms with Crippen LogP contribution in [0.15, 0.2) is 0 Å². The van der Waals surface area contributed by atoms with Gasteiger partial charge in [-0.05, 0) is 13.3 Å². The van der Waals surface area contributed by atoms with E-state index in [1.165, 1.54) is 51.9 Å². The summed E-state index contributed by atoms with van der Waals surface area (Å²) in [6, 6.07) is 0. The van der Waals surface area contributed by atoms with Gasteiger partial charge in [-0.15, -0.1) is 0 Å². The summed E-state index contributed by atoms with van der Waals surface area (Å²) in [5.41, 5.74) is 8.05. The van der Waals surface area contributed by atoms with Gasteiger partial charge in [0.15, 0.2) is 6.10 Å². The number of aliphatic hydroxyl groups is 1. The molecule has 130 valence electrons. The Morgan fingerprint density at radius 3 is 2.14 bits per heavy atom. The minimum atomic E-state index is -1.25. The number of nitrogens with zero attached hydrogens (tertiary/aromatic N) is 1. The second kappa shape index (κ2) is 13.3. The van der Waals surface area contributed by atoms with Crippen molar-refractivity contribution in [3.63, 3.8) is 0 Å². The Morgan fingerprint density at radius 1 is 1.18 bits per heavy atom. The van der Waals surface area contributed by atoms with Gasteiger partial charge in [0.25, 0.3) is 0 Å². The Hall–Kier alpha value is -1.34. The Balaban J connectivity index is 3.61. The summed E-state index contributed by atoms with van der Waals surface area (Å²) in [5, 5.41) is 17.1. The predicted octanol–water partition coefficient (Wildman–Crippen LogP) is 2.06. The highest BCUT2D eigenvalue weighted by Crippen LogP contribution is 2.09. The maximum absolute atomic E-state index is 11.2. The second-order valence-electron chi connectivity index (χ2n) is 5.50. The molecule has 22 heavy (non-hydrogen) atoms. The van der Waals surface area contributed by atoms with Crippen LogP contribution in [0, 0.1) is 5.41 Å². The fourth-order valence-electron chi connectivity index (χ4n) is 1.95. The summed E-state index contributed by atoms with van der Waals surface area (Å²) in [6.45, 7) is 4.07. The molecule has 0 radical (unpaired) electrons. The quantitative estimate of drug-likeness (QED) is 0.190. The summed E-state index contributed by atoms with van der Waals surface area (Å²) in [5.74, 6) is -1.28. The van der Waals surface area contributed by atoms with Crippen molar-refractivity contribution < 1.29 is 14.7 Å². The van der Waals surface area contributed by atoms with E-state index in [0.29, 0.717) is 6.54 Å². The van der Waals surface area contributed by atoms with Crippen LogP contribution in [0.1, 0.15) is 71.6 Å². The van der Waals surface area contributed by atoms with E-state index in [2.05, 4.69) is 12.3 Å². The number of unbranched alkanes of at least 4 members (excludes halogenated alkanes) is 8. The van der Waals surface area contributed by atoms with E-state index in [9.17, 15) is 4.79 Å². The highest BCUT2D eigenvalue weighted by Gasteiger charge is 2.17. The summed E-state index contributed by atoms with van der Waals surface area (Å²) >= 11 is 0.